The molecule has 0 saturated carbocycles. The fourth-order valence-corrected chi connectivity index (χ4v) is 11.3. The fourth-order valence-electron chi connectivity index (χ4n) is 0.304. The first-order valence-electron chi connectivity index (χ1n) is 3.53. The maximum Gasteiger partial charge on any atom is 0.0382 e. The topological polar surface area (TPSA) is 12.4 Å². The van der Waals surface area contributed by atoms with Crippen molar-refractivity contribution in [2.75, 3.05) is 6.54 Å². The van der Waals surface area contributed by atoms with Gasteiger partial charge in [-0.05, 0) is 19.6 Å². The highest BCUT2D eigenvalue weighted by molar-refractivity contribution is 8.70. The van der Waals surface area contributed by atoms with E-state index < -0.39 is 0 Å². The van der Waals surface area contributed by atoms with Crippen LogP contribution in [0.2, 0.25) is 0 Å². The standard InChI is InChI=1S/C5H11N.S8/c1-3-5-6-4-2;1-3-5-7-8-6-4-2/h4H,3,5H2,1-2H3;. The molecule has 0 aliphatic heterocycles. The minimum atomic E-state index is 0.983. The fraction of sp³-hybridized carbons (Fsp3) is 0.800. The van der Waals surface area contributed by atoms with E-state index in [1.807, 2.05) is 13.1 Å². The maximum absolute atomic E-state index is 4.60. The van der Waals surface area contributed by atoms with E-state index in [4.69, 9.17) is 0 Å². The molecule has 84 valence electrons. The quantitative estimate of drug-likeness (QED) is 0.705. The minimum absolute atomic E-state index is 0.983. The lowest BCUT2D eigenvalue weighted by atomic mass is 10.5. The van der Waals surface area contributed by atoms with Gasteiger partial charge in [-0.25, -0.2) is 0 Å². The van der Waals surface area contributed by atoms with Gasteiger partial charge in [-0.2, -0.15) is 0 Å². The molecule has 0 radical (unpaired) electrons. The van der Waals surface area contributed by atoms with Gasteiger partial charge in [0.1, 0.15) is 0 Å². The van der Waals surface area contributed by atoms with Crippen molar-refractivity contribution in [3.05, 3.63) is 0 Å². The Morgan fingerprint density at radius 1 is 1.07 bits per heavy atom. The highest BCUT2D eigenvalue weighted by atomic mass is 33.4. The molecule has 0 atom stereocenters. The zero-order valence-corrected chi connectivity index (χ0v) is 14.2. The van der Waals surface area contributed by atoms with E-state index in [0.717, 1.165) is 13.0 Å². The van der Waals surface area contributed by atoms with Crippen molar-refractivity contribution < 1.29 is 0 Å². The molecule has 0 amide bonds. The van der Waals surface area contributed by atoms with E-state index in [0.29, 0.717) is 0 Å². The van der Waals surface area contributed by atoms with Gasteiger partial charge < -0.3 is 0 Å². The molecule has 0 N–H and O–H groups in total. The Kier molecular flexibility index (Phi) is 25.3. The van der Waals surface area contributed by atoms with Crippen LogP contribution in [0.3, 0.4) is 0 Å². The summed E-state index contributed by atoms with van der Waals surface area (Å²) in [4.78, 5) is 3.97. The average Bonchev–Trinajstić information content (AvgIpc) is 2.22. The summed E-state index contributed by atoms with van der Waals surface area (Å²) in [6.45, 7) is 5.04. The molecule has 0 spiro atoms. The van der Waals surface area contributed by atoms with Crippen LogP contribution in [0, 0.1) is 0 Å². The third kappa shape index (κ3) is 23.3. The molecule has 1 nitrogen and oxygen atoms in total. The van der Waals surface area contributed by atoms with Crippen LogP contribution in [0.1, 0.15) is 20.3 Å². The van der Waals surface area contributed by atoms with Gasteiger partial charge in [-0.15, -0.1) is 0 Å². The second-order valence-corrected chi connectivity index (χ2v) is 12.2. The van der Waals surface area contributed by atoms with Gasteiger partial charge in [0, 0.05) is 82.2 Å². The summed E-state index contributed by atoms with van der Waals surface area (Å²) >= 11 is 9.21. The van der Waals surface area contributed by atoms with Crippen LogP contribution < -0.4 is 0 Å². The maximum atomic E-state index is 4.60. The lowest BCUT2D eigenvalue weighted by molar-refractivity contribution is 0.936. The zero-order chi connectivity index (χ0) is 11.1. The van der Waals surface area contributed by atoms with Crippen molar-refractivity contribution in [1.82, 2.24) is 0 Å². The number of hydrogen-bond donors (Lipinski definition) is 0. The first kappa shape index (κ1) is 17.8. The molecule has 0 aromatic heterocycles. The Hall–Kier alpha value is 1.43. The molecule has 0 fully saturated rings. The number of hydrogen-bond acceptors (Lipinski definition) is 3. The highest BCUT2D eigenvalue weighted by Gasteiger charge is 1.64. The van der Waals surface area contributed by atoms with Crippen molar-refractivity contribution in [2.45, 2.75) is 20.3 Å². The largest absolute Gasteiger partial charge is 0.298 e. The molecule has 0 bridgehead atoms. The summed E-state index contributed by atoms with van der Waals surface area (Å²) < 4.78 is 0. The van der Waals surface area contributed by atoms with Gasteiger partial charge in [0.25, 0.3) is 0 Å². The predicted molar refractivity (Wildman–Crippen MR) is 88.2 cm³/mol. The van der Waals surface area contributed by atoms with Gasteiger partial charge in [0.05, 0.1) is 0 Å². The Morgan fingerprint density at radius 2 is 1.57 bits per heavy atom. The first-order valence-corrected chi connectivity index (χ1v) is 12.9. The molecule has 0 aliphatic carbocycles. The monoisotopic (exact) mass is 341 g/mol. The Bertz CT molecular complexity index is 335. The smallest absolute Gasteiger partial charge is 0.0382 e. The molecular weight excluding hydrogens is 331 g/mol. The first-order chi connectivity index (χ1) is 6.83. The molecule has 0 aromatic rings. The Labute approximate surface area is 112 Å². The van der Waals surface area contributed by atoms with E-state index in [-0.39, 0.29) is 0 Å². The van der Waals surface area contributed by atoms with Crippen molar-refractivity contribution in [2.24, 2.45) is 4.99 Å². The third-order valence-electron chi connectivity index (χ3n) is 0.674. The van der Waals surface area contributed by atoms with Crippen molar-refractivity contribution in [1.29, 1.82) is 0 Å². The van der Waals surface area contributed by atoms with E-state index in [1.165, 1.54) is 17.8 Å². The van der Waals surface area contributed by atoms with E-state index >= 15 is 0 Å². The summed E-state index contributed by atoms with van der Waals surface area (Å²) in [5, 5.41) is 0. The molecule has 14 heavy (non-hydrogen) atoms. The van der Waals surface area contributed by atoms with Crippen molar-refractivity contribution in [3.8, 4) is 0 Å². The molecule has 0 rings (SSSR count). The van der Waals surface area contributed by atoms with Crippen LogP contribution in [0.5, 0.6) is 0 Å². The second kappa shape index (κ2) is 19.9. The van der Waals surface area contributed by atoms with Gasteiger partial charge >= 0.3 is 0 Å². The van der Waals surface area contributed by atoms with E-state index in [1.54, 1.807) is 35.5 Å². The summed E-state index contributed by atoms with van der Waals surface area (Å²) in [5.74, 6) is 0. The summed E-state index contributed by atoms with van der Waals surface area (Å²) in [7, 11) is 9.12. The van der Waals surface area contributed by atoms with E-state index in [9.17, 15) is 0 Å². The SMILES string of the molecule is CC=NCCC.S=S=S=S=S=S=S=S. The number of nitrogens with zero attached hydrogens (tertiary/aromatic N) is 1. The third-order valence-corrected chi connectivity index (χ3v) is 11.8. The molecule has 0 saturated heterocycles. The van der Waals surface area contributed by atoms with Crippen LogP contribution in [0.4, 0.5) is 0 Å². The van der Waals surface area contributed by atoms with E-state index in [2.05, 4.69) is 34.3 Å². The average molecular weight is 342 g/mol. The van der Waals surface area contributed by atoms with Crippen LogP contribution in [0.15, 0.2) is 4.99 Å². The van der Waals surface area contributed by atoms with Gasteiger partial charge in [0.15, 0.2) is 0 Å². The highest BCUT2D eigenvalue weighted by Crippen LogP contribution is 1.72. The molecule has 0 heterocycles. The summed E-state index contributed by atoms with van der Waals surface area (Å²) in [6, 6.07) is 0. The normalized spacial score (nSPS) is 8.14. The number of aliphatic imine (C=N–C) groups is 1. The van der Waals surface area contributed by atoms with Crippen LogP contribution in [-0.2, 0) is 75.7 Å². The zero-order valence-electron chi connectivity index (χ0n) is 7.70. The van der Waals surface area contributed by atoms with Crippen LogP contribution >= 0.6 is 0 Å². The lowest BCUT2D eigenvalue weighted by Gasteiger charge is -1.77. The van der Waals surface area contributed by atoms with Gasteiger partial charge in [0.2, 0.25) is 0 Å². The Morgan fingerprint density at radius 3 is 1.79 bits per heavy atom. The van der Waals surface area contributed by atoms with Crippen LogP contribution in [-0.4, -0.2) is 12.8 Å². The Balaban J connectivity index is 0. The number of rotatable bonds is 2. The molecule has 0 aromatic carbocycles. The van der Waals surface area contributed by atoms with Crippen molar-refractivity contribution >= 4 is 81.9 Å². The van der Waals surface area contributed by atoms with Gasteiger partial charge in [-0.1, -0.05) is 6.92 Å². The van der Waals surface area contributed by atoms with Crippen LogP contribution in [0.25, 0.3) is 0 Å². The predicted octanol–water partition coefficient (Wildman–Crippen LogP) is 1.47. The second-order valence-electron chi connectivity index (χ2n) is 1.57. The lowest BCUT2D eigenvalue weighted by Crippen LogP contribution is -1.71. The molecule has 0 unspecified atom stereocenters. The van der Waals surface area contributed by atoms with Gasteiger partial charge in [-0.3, -0.25) is 4.99 Å². The molecule has 0 aliphatic rings. The summed E-state index contributed by atoms with van der Waals surface area (Å²) in [6.07, 6.45) is 2.99. The molecular formula is C5H11NS8. The van der Waals surface area contributed by atoms with Crippen molar-refractivity contribution in [3.63, 3.8) is 0 Å². The molecule has 9 heteroatoms. The minimum Gasteiger partial charge on any atom is -0.298 e. The summed E-state index contributed by atoms with van der Waals surface area (Å²) in [5.41, 5.74) is 0.